The third kappa shape index (κ3) is 3.19. The summed E-state index contributed by atoms with van der Waals surface area (Å²) in [5.41, 5.74) is 5.76. The number of nitrogens with two attached hydrogens (primary N) is 1. The Hall–Kier alpha value is -1.82. The fourth-order valence-corrected chi connectivity index (χ4v) is 2.67. The molecule has 20 heavy (non-hydrogen) atoms. The molecule has 0 radical (unpaired) electrons. The minimum atomic E-state index is -0.417. The van der Waals surface area contributed by atoms with Crippen LogP contribution in [0.25, 0.3) is 10.9 Å². The van der Waals surface area contributed by atoms with E-state index in [0.717, 1.165) is 12.8 Å². The maximum Gasteiger partial charge on any atom is 0.262 e. The van der Waals surface area contributed by atoms with Crippen LogP contribution < -0.4 is 11.3 Å². The summed E-state index contributed by atoms with van der Waals surface area (Å²) >= 11 is 1.21. The highest BCUT2D eigenvalue weighted by Gasteiger charge is 2.11. The number of nitrogens with zero attached hydrogens (tertiary/aromatic N) is 2. The lowest BCUT2D eigenvalue weighted by Gasteiger charge is -2.12. The quantitative estimate of drug-likeness (QED) is 0.650. The number of hydrogen-bond acceptors (Lipinski definition) is 4. The topological polar surface area (TPSA) is 78.0 Å². The molecule has 0 spiro atoms. The Bertz CT molecular complexity index is 682. The number of thioether (sulfide) groups is 1. The van der Waals surface area contributed by atoms with Gasteiger partial charge in [0.1, 0.15) is 0 Å². The zero-order valence-electron chi connectivity index (χ0n) is 11.3. The van der Waals surface area contributed by atoms with Gasteiger partial charge >= 0.3 is 0 Å². The lowest BCUT2D eigenvalue weighted by Crippen LogP contribution is -2.24. The molecule has 0 bridgehead atoms. The number of benzene rings is 1. The van der Waals surface area contributed by atoms with Crippen molar-refractivity contribution >= 4 is 28.6 Å². The maximum absolute atomic E-state index is 12.5. The summed E-state index contributed by atoms with van der Waals surface area (Å²) in [4.78, 5) is 27.9. The van der Waals surface area contributed by atoms with Gasteiger partial charge in [-0.3, -0.25) is 14.2 Å². The van der Waals surface area contributed by atoms with Crippen molar-refractivity contribution < 1.29 is 4.79 Å². The average molecular weight is 291 g/mol. The molecule has 2 N–H and O–H groups in total. The monoisotopic (exact) mass is 291 g/mol. The molecule has 5 nitrogen and oxygen atoms in total. The van der Waals surface area contributed by atoms with E-state index in [9.17, 15) is 9.59 Å². The minimum absolute atomic E-state index is 0.0592. The lowest BCUT2D eigenvalue weighted by molar-refractivity contribution is -0.115. The van der Waals surface area contributed by atoms with Crippen molar-refractivity contribution in [2.75, 3.05) is 5.75 Å². The van der Waals surface area contributed by atoms with E-state index >= 15 is 0 Å². The molecule has 0 saturated carbocycles. The standard InChI is InChI=1S/C14H17N3O2S/c1-2-3-8-17-13(19)10-6-4-5-7-11(10)16-14(17)20-9-12(15)18/h4-7H,2-3,8-9H2,1H3,(H2,15,18). The number of primary amides is 1. The van der Waals surface area contributed by atoms with Gasteiger partial charge in [-0.2, -0.15) is 0 Å². The largest absolute Gasteiger partial charge is 0.369 e. The lowest BCUT2D eigenvalue weighted by atomic mass is 10.2. The van der Waals surface area contributed by atoms with Crippen molar-refractivity contribution in [2.24, 2.45) is 5.73 Å². The van der Waals surface area contributed by atoms with Crippen molar-refractivity contribution in [1.82, 2.24) is 9.55 Å². The maximum atomic E-state index is 12.5. The third-order valence-electron chi connectivity index (χ3n) is 2.91. The van der Waals surface area contributed by atoms with Crippen LogP contribution in [0.3, 0.4) is 0 Å². The zero-order valence-corrected chi connectivity index (χ0v) is 12.2. The summed E-state index contributed by atoms with van der Waals surface area (Å²) in [6.45, 7) is 2.67. The first-order valence-corrected chi connectivity index (χ1v) is 7.52. The number of fused-ring (bicyclic) bond motifs is 1. The van der Waals surface area contributed by atoms with Crippen molar-refractivity contribution in [3.8, 4) is 0 Å². The summed E-state index contributed by atoms with van der Waals surface area (Å²) in [7, 11) is 0. The van der Waals surface area contributed by atoms with Gasteiger partial charge in [-0.15, -0.1) is 0 Å². The van der Waals surface area contributed by atoms with E-state index in [1.165, 1.54) is 11.8 Å². The smallest absolute Gasteiger partial charge is 0.262 e. The third-order valence-corrected chi connectivity index (χ3v) is 3.90. The number of hydrogen-bond donors (Lipinski definition) is 1. The summed E-state index contributed by atoms with van der Waals surface area (Å²) in [5.74, 6) is -0.295. The molecule has 0 atom stereocenters. The fraction of sp³-hybridized carbons (Fsp3) is 0.357. The fourth-order valence-electron chi connectivity index (χ4n) is 1.91. The Morgan fingerprint density at radius 1 is 1.40 bits per heavy atom. The van der Waals surface area contributed by atoms with Crippen LogP contribution in [0, 0.1) is 0 Å². The highest BCUT2D eigenvalue weighted by atomic mass is 32.2. The molecule has 0 fully saturated rings. The molecular weight excluding hydrogens is 274 g/mol. The van der Waals surface area contributed by atoms with E-state index in [1.54, 1.807) is 16.7 Å². The van der Waals surface area contributed by atoms with Crippen LogP contribution in [0.5, 0.6) is 0 Å². The normalized spacial score (nSPS) is 10.8. The molecule has 1 aromatic heterocycles. The number of unbranched alkanes of at least 4 members (excludes halogenated alkanes) is 1. The van der Waals surface area contributed by atoms with Crippen LogP contribution in [0.4, 0.5) is 0 Å². The zero-order chi connectivity index (χ0) is 14.5. The Balaban J connectivity index is 2.51. The first kappa shape index (κ1) is 14.6. The molecule has 1 heterocycles. The van der Waals surface area contributed by atoms with Crippen LogP contribution in [-0.4, -0.2) is 21.2 Å². The highest BCUT2D eigenvalue weighted by Crippen LogP contribution is 2.17. The van der Waals surface area contributed by atoms with Crippen LogP contribution in [0.1, 0.15) is 19.8 Å². The van der Waals surface area contributed by atoms with Crippen LogP contribution >= 0.6 is 11.8 Å². The van der Waals surface area contributed by atoms with Crippen molar-refractivity contribution in [1.29, 1.82) is 0 Å². The predicted octanol–water partition coefficient (Wildman–Crippen LogP) is 1.77. The summed E-state index contributed by atoms with van der Waals surface area (Å²) in [6.07, 6.45) is 1.88. The van der Waals surface area contributed by atoms with Crippen LogP contribution in [-0.2, 0) is 11.3 Å². The molecule has 6 heteroatoms. The molecular formula is C14H17N3O2S. The number of amides is 1. The molecule has 0 aliphatic heterocycles. The Morgan fingerprint density at radius 2 is 2.15 bits per heavy atom. The second-order valence-corrected chi connectivity index (χ2v) is 5.42. The minimum Gasteiger partial charge on any atom is -0.369 e. The second-order valence-electron chi connectivity index (χ2n) is 4.48. The van der Waals surface area contributed by atoms with E-state index in [-0.39, 0.29) is 11.3 Å². The Labute approximate surface area is 121 Å². The molecule has 106 valence electrons. The van der Waals surface area contributed by atoms with Gasteiger partial charge in [0.2, 0.25) is 5.91 Å². The van der Waals surface area contributed by atoms with Crippen molar-refractivity contribution in [3.63, 3.8) is 0 Å². The number of carbonyl (C=O) groups is 1. The number of carbonyl (C=O) groups excluding carboxylic acids is 1. The SMILES string of the molecule is CCCCn1c(SCC(N)=O)nc2ccccc2c1=O. The molecule has 2 aromatic rings. The van der Waals surface area contributed by atoms with Gasteiger partial charge in [-0.05, 0) is 18.6 Å². The van der Waals surface area contributed by atoms with Gasteiger partial charge in [-0.1, -0.05) is 37.2 Å². The summed E-state index contributed by atoms with van der Waals surface area (Å²) < 4.78 is 1.64. The van der Waals surface area contributed by atoms with Gasteiger partial charge in [0.25, 0.3) is 5.56 Å². The molecule has 0 unspecified atom stereocenters. The molecule has 1 amide bonds. The van der Waals surface area contributed by atoms with E-state index < -0.39 is 5.91 Å². The van der Waals surface area contributed by atoms with Gasteiger partial charge in [-0.25, -0.2) is 4.98 Å². The molecule has 0 saturated heterocycles. The Kier molecular flexibility index (Phi) is 4.79. The second kappa shape index (κ2) is 6.56. The first-order chi connectivity index (χ1) is 9.63. The van der Waals surface area contributed by atoms with Gasteiger partial charge in [0.05, 0.1) is 16.7 Å². The highest BCUT2D eigenvalue weighted by molar-refractivity contribution is 7.99. The van der Waals surface area contributed by atoms with E-state index in [4.69, 9.17) is 5.73 Å². The van der Waals surface area contributed by atoms with Gasteiger partial charge in [0, 0.05) is 6.54 Å². The van der Waals surface area contributed by atoms with Crippen LogP contribution in [0.15, 0.2) is 34.2 Å². The van der Waals surface area contributed by atoms with E-state index in [1.807, 2.05) is 12.1 Å². The molecule has 0 aliphatic carbocycles. The number of rotatable bonds is 6. The first-order valence-electron chi connectivity index (χ1n) is 6.54. The molecule has 2 rings (SSSR count). The van der Waals surface area contributed by atoms with Crippen LogP contribution in [0.2, 0.25) is 0 Å². The summed E-state index contributed by atoms with van der Waals surface area (Å²) in [5, 5.41) is 1.16. The van der Waals surface area contributed by atoms with Gasteiger partial charge in [0.15, 0.2) is 5.16 Å². The number of aromatic nitrogens is 2. The van der Waals surface area contributed by atoms with E-state index in [2.05, 4.69) is 11.9 Å². The van der Waals surface area contributed by atoms with E-state index in [0.29, 0.717) is 22.6 Å². The summed E-state index contributed by atoms with van der Waals surface area (Å²) in [6, 6.07) is 7.24. The predicted molar refractivity (Wildman–Crippen MR) is 80.8 cm³/mol. The average Bonchev–Trinajstić information content (AvgIpc) is 2.44. The molecule has 1 aromatic carbocycles. The van der Waals surface area contributed by atoms with Crippen molar-refractivity contribution in [3.05, 3.63) is 34.6 Å². The molecule has 0 aliphatic rings. The van der Waals surface area contributed by atoms with Gasteiger partial charge < -0.3 is 5.73 Å². The Morgan fingerprint density at radius 3 is 2.85 bits per heavy atom. The van der Waals surface area contributed by atoms with Crippen molar-refractivity contribution in [2.45, 2.75) is 31.5 Å². The number of para-hydroxylation sites is 1.